The highest BCUT2D eigenvalue weighted by molar-refractivity contribution is 5.89. The normalized spacial score (nSPS) is 11.2. The lowest BCUT2D eigenvalue weighted by molar-refractivity contribution is 0.281. The Labute approximate surface area is 94.2 Å². The van der Waals surface area contributed by atoms with Crippen LogP contribution in [-0.4, -0.2) is 11.3 Å². The molecule has 0 unspecified atom stereocenters. The Morgan fingerprint density at radius 1 is 1.38 bits per heavy atom. The van der Waals surface area contributed by atoms with Crippen molar-refractivity contribution in [3.63, 3.8) is 0 Å². The minimum absolute atomic E-state index is 0.0662. The van der Waals surface area contributed by atoms with E-state index in [0.29, 0.717) is 5.92 Å². The molecular formula is C13H15NO2. The predicted molar refractivity (Wildman–Crippen MR) is 64.1 cm³/mol. The summed E-state index contributed by atoms with van der Waals surface area (Å²) in [6.07, 6.45) is 1.28. The molecule has 3 nitrogen and oxygen atoms in total. The van der Waals surface area contributed by atoms with E-state index in [1.165, 1.54) is 6.21 Å². The first kappa shape index (κ1) is 10.9. The third-order valence-corrected chi connectivity index (χ3v) is 2.64. The van der Waals surface area contributed by atoms with Gasteiger partial charge in [0.25, 0.3) is 0 Å². The van der Waals surface area contributed by atoms with Crippen LogP contribution < -0.4 is 0 Å². The zero-order valence-corrected chi connectivity index (χ0v) is 9.45. The summed E-state index contributed by atoms with van der Waals surface area (Å²) in [5.41, 5.74) is 2.26. The molecule has 0 atom stereocenters. The fourth-order valence-corrected chi connectivity index (χ4v) is 1.76. The van der Waals surface area contributed by atoms with Crippen LogP contribution in [-0.2, 0) is 6.61 Å². The average molecular weight is 217 g/mol. The maximum Gasteiger partial charge on any atom is 0.139 e. The van der Waals surface area contributed by atoms with Crippen molar-refractivity contribution < 1.29 is 9.52 Å². The van der Waals surface area contributed by atoms with Gasteiger partial charge in [0.15, 0.2) is 0 Å². The Balaban J connectivity index is 2.69. The van der Waals surface area contributed by atoms with Crippen LogP contribution in [0.3, 0.4) is 0 Å². The first-order valence-corrected chi connectivity index (χ1v) is 5.33. The number of furan rings is 1. The van der Waals surface area contributed by atoms with Crippen LogP contribution in [0.1, 0.15) is 36.7 Å². The van der Waals surface area contributed by atoms with Crippen molar-refractivity contribution >= 4 is 17.2 Å². The van der Waals surface area contributed by atoms with Gasteiger partial charge in [-0.05, 0) is 23.8 Å². The van der Waals surface area contributed by atoms with E-state index in [4.69, 9.17) is 9.83 Å². The van der Waals surface area contributed by atoms with Gasteiger partial charge in [0.1, 0.15) is 11.3 Å². The molecule has 0 bridgehead atoms. The topological polar surface area (TPSA) is 57.2 Å². The van der Waals surface area contributed by atoms with Gasteiger partial charge in [-0.1, -0.05) is 13.8 Å². The van der Waals surface area contributed by atoms with Crippen molar-refractivity contribution in [3.05, 3.63) is 35.1 Å². The highest BCUT2D eigenvalue weighted by Crippen LogP contribution is 2.28. The molecule has 2 rings (SSSR count). The minimum atomic E-state index is -0.0662. The number of hydrogen-bond acceptors (Lipinski definition) is 3. The highest BCUT2D eigenvalue weighted by Gasteiger charge is 2.11. The molecule has 0 amide bonds. The number of nitrogens with one attached hydrogen (secondary N) is 1. The summed E-state index contributed by atoms with van der Waals surface area (Å²) in [6, 6.07) is 5.66. The lowest BCUT2D eigenvalue weighted by Crippen LogP contribution is -1.87. The Morgan fingerprint density at radius 2 is 2.12 bits per heavy atom. The Hall–Kier alpha value is -1.61. The minimum Gasteiger partial charge on any atom is -0.460 e. The van der Waals surface area contributed by atoms with Crippen LogP contribution in [0.25, 0.3) is 11.0 Å². The SMILES string of the molecule is CC(C)c1cc2cc(C=N)cc(CO)c2o1. The number of hydrogen-bond donors (Lipinski definition) is 2. The van der Waals surface area contributed by atoms with Crippen molar-refractivity contribution in [2.24, 2.45) is 0 Å². The fraction of sp³-hybridized carbons (Fsp3) is 0.308. The lowest BCUT2D eigenvalue weighted by Gasteiger charge is -2.00. The molecule has 0 saturated carbocycles. The van der Waals surface area contributed by atoms with Gasteiger partial charge in [-0.2, -0.15) is 0 Å². The first-order valence-electron chi connectivity index (χ1n) is 5.33. The largest absolute Gasteiger partial charge is 0.460 e. The Kier molecular flexibility index (Phi) is 2.79. The van der Waals surface area contributed by atoms with E-state index in [2.05, 4.69) is 13.8 Å². The molecule has 2 aromatic rings. The zero-order chi connectivity index (χ0) is 11.7. The third-order valence-electron chi connectivity index (χ3n) is 2.64. The van der Waals surface area contributed by atoms with Gasteiger partial charge in [0.2, 0.25) is 0 Å². The molecule has 84 valence electrons. The van der Waals surface area contributed by atoms with Gasteiger partial charge >= 0.3 is 0 Å². The average Bonchev–Trinajstić information content (AvgIpc) is 2.71. The van der Waals surface area contributed by atoms with Gasteiger partial charge in [-0.15, -0.1) is 0 Å². The van der Waals surface area contributed by atoms with E-state index in [1.807, 2.05) is 12.1 Å². The zero-order valence-electron chi connectivity index (χ0n) is 9.45. The van der Waals surface area contributed by atoms with Crippen LogP contribution in [0.15, 0.2) is 22.6 Å². The molecule has 0 aliphatic rings. The molecule has 0 saturated heterocycles. The van der Waals surface area contributed by atoms with Crippen molar-refractivity contribution in [2.75, 3.05) is 0 Å². The van der Waals surface area contributed by atoms with E-state index in [9.17, 15) is 5.11 Å². The second kappa shape index (κ2) is 4.10. The third kappa shape index (κ3) is 1.74. The van der Waals surface area contributed by atoms with Crippen LogP contribution in [0.2, 0.25) is 0 Å². The molecule has 1 heterocycles. The van der Waals surface area contributed by atoms with E-state index in [1.54, 1.807) is 6.07 Å². The molecule has 0 fully saturated rings. The van der Waals surface area contributed by atoms with Crippen LogP contribution >= 0.6 is 0 Å². The number of aliphatic hydroxyl groups is 1. The Morgan fingerprint density at radius 3 is 2.69 bits per heavy atom. The number of aliphatic hydroxyl groups excluding tert-OH is 1. The molecule has 1 aromatic heterocycles. The van der Waals surface area contributed by atoms with Crippen molar-refractivity contribution in [1.29, 1.82) is 5.41 Å². The molecule has 3 heteroatoms. The van der Waals surface area contributed by atoms with Gasteiger partial charge in [-0.3, -0.25) is 0 Å². The molecular weight excluding hydrogens is 202 g/mol. The van der Waals surface area contributed by atoms with Gasteiger partial charge in [-0.25, -0.2) is 0 Å². The molecule has 2 N–H and O–H groups in total. The van der Waals surface area contributed by atoms with E-state index in [-0.39, 0.29) is 6.61 Å². The van der Waals surface area contributed by atoms with Crippen molar-refractivity contribution in [2.45, 2.75) is 26.4 Å². The van der Waals surface area contributed by atoms with E-state index >= 15 is 0 Å². The summed E-state index contributed by atoms with van der Waals surface area (Å²) in [5, 5.41) is 17.5. The lowest BCUT2D eigenvalue weighted by atomic mass is 10.1. The summed E-state index contributed by atoms with van der Waals surface area (Å²) < 4.78 is 5.72. The molecule has 16 heavy (non-hydrogen) atoms. The smallest absolute Gasteiger partial charge is 0.139 e. The monoisotopic (exact) mass is 217 g/mol. The van der Waals surface area contributed by atoms with Crippen LogP contribution in [0.4, 0.5) is 0 Å². The number of fused-ring (bicyclic) bond motifs is 1. The maximum atomic E-state index is 9.27. The second-order valence-electron chi connectivity index (χ2n) is 4.20. The maximum absolute atomic E-state index is 9.27. The highest BCUT2D eigenvalue weighted by atomic mass is 16.3. The van der Waals surface area contributed by atoms with Crippen LogP contribution in [0.5, 0.6) is 0 Å². The first-order chi connectivity index (χ1) is 7.65. The Bertz CT molecular complexity index is 526. The predicted octanol–water partition coefficient (Wildman–Crippen LogP) is 3.05. The number of rotatable bonds is 3. The molecule has 0 radical (unpaired) electrons. The molecule has 1 aromatic carbocycles. The van der Waals surface area contributed by atoms with Gasteiger partial charge in [0, 0.05) is 23.1 Å². The summed E-state index contributed by atoms with van der Waals surface area (Å²) in [7, 11) is 0. The van der Waals surface area contributed by atoms with E-state index < -0.39 is 0 Å². The summed E-state index contributed by atoms with van der Waals surface area (Å²) in [5.74, 6) is 1.23. The van der Waals surface area contributed by atoms with E-state index in [0.717, 1.165) is 27.9 Å². The van der Waals surface area contributed by atoms with Gasteiger partial charge in [0.05, 0.1) is 6.61 Å². The molecule has 0 spiro atoms. The molecule has 0 aliphatic heterocycles. The van der Waals surface area contributed by atoms with Crippen molar-refractivity contribution in [3.8, 4) is 0 Å². The fourth-order valence-electron chi connectivity index (χ4n) is 1.76. The van der Waals surface area contributed by atoms with Crippen molar-refractivity contribution in [1.82, 2.24) is 0 Å². The van der Waals surface area contributed by atoms with Gasteiger partial charge < -0.3 is 14.9 Å². The molecule has 0 aliphatic carbocycles. The summed E-state index contributed by atoms with van der Waals surface area (Å²) in [4.78, 5) is 0. The second-order valence-corrected chi connectivity index (χ2v) is 4.20. The number of benzene rings is 1. The quantitative estimate of drug-likeness (QED) is 0.776. The summed E-state index contributed by atoms with van der Waals surface area (Å²) in [6.45, 7) is 4.06. The summed E-state index contributed by atoms with van der Waals surface area (Å²) >= 11 is 0. The van der Waals surface area contributed by atoms with Crippen LogP contribution in [0, 0.1) is 5.41 Å². The standard InChI is InChI=1S/C13H15NO2/c1-8(2)12-5-10-3-9(6-14)4-11(7-15)13(10)16-12/h3-6,8,14-15H,7H2,1-2H3.